The zero-order valence-corrected chi connectivity index (χ0v) is 36.4. The maximum absolute atomic E-state index is 13.9. The highest BCUT2D eigenvalue weighted by molar-refractivity contribution is 7.90. The molecule has 2 aliphatic carbocycles. The number of fused-ring (bicyclic) bond motifs is 1. The summed E-state index contributed by atoms with van der Waals surface area (Å²) in [5.74, 6) is 1.08. The lowest BCUT2D eigenvalue weighted by Gasteiger charge is -2.56. The van der Waals surface area contributed by atoms with Gasteiger partial charge in [0.2, 0.25) is 0 Å². The number of hydrogen-bond donors (Lipinski definition) is 4. The SMILES string of the molecule is CC(C)c1ccccc1[C@@H]1CCCN1C1CC2(CCN(c3cc(Oc4cnc5[nH]ccc5c4)c(C(=O)NS(=O)(=O)c4ccc(NC[C@H]5C[C@H](N(C)C)C5)c(O)c4)cn3)CC2)C1. The van der Waals surface area contributed by atoms with E-state index in [0.717, 1.165) is 56.8 Å². The minimum absolute atomic E-state index is 0.0463. The summed E-state index contributed by atoms with van der Waals surface area (Å²) in [6.45, 7) is 8.06. The average molecular weight is 847 g/mol. The second-order valence-electron chi connectivity index (χ2n) is 18.4. The molecule has 3 aromatic heterocycles. The summed E-state index contributed by atoms with van der Waals surface area (Å²) in [5, 5.41) is 14.8. The number of benzene rings is 2. The largest absolute Gasteiger partial charge is 0.506 e. The van der Waals surface area contributed by atoms with E-state index in [1.165, 1.54) is 55.1 Å². The Hall–Kier alpha value is -5.18. The van der Waals surface area contributed by atoms with Crippen LogP contribution < -0.4 is 19.7 Å². The minimum atomic E-state index is -4.38. The van der Waals surface area contributed by atoms with E-state index in [2.05, 4.69) is 86.9 Å². The normalized spacial score (nSPS) is 21.8. The lowest BCUT2D eigenvalue weighted by atomic mass is 9.60. The molecule has 2 aromatic carbocycles. The molecule has 1 spiro atoms. The van der Waals surface area contributed by atoms with Gasteiger partial charge in [-0.15, -0.1) is 0 Å². The van der Waals surface area contributed by atoms with Gasteiger partial charge in [0.05, 0.1) is 16.8 Å². The molecule has 1 atom stereocenters. The van der Waals surface area contributed by atoms with Crippen molar-refractivity contribution in [1.29, 1.82) is 0 Å². The molecule has 5 aromatic rings. The first-order valence-electron chi connectivity index (χ1n) is 21.9. The van der Waals surface area contributed by atoms with E-state index in [1.54, 1.807) is 18.5 Å². The van der Waals surface area contributed by atoms with Crippen LogP contribution in [0.1, 0.15) is 98.7 Å². The molecule has 2 saturated carbocycles. The lowest BCUT2D eigenvalue weighted by Crippen LogP contribution is -2.55. The van der Waals surface area contributed by atoms with Gasteiger partial charge >= 0.3 is 0 Å². The quantitative estimate of drug-likeness (QED) is 0.0852. The van der Waals surface area contributed by atoms with Gasteiger partial charge in [-0.25, -0.2) is 23.1 Å². The molecule has 2 saturated heterocycles. The summed E-state index contributed by atoms with van der Waals surface area (Å²) in [6, 6.07) is 20.1. The number of piperidine rings is 1. The number of anilines is 2. The number of rotatable bonds is 13. The molecule has 0 bridgehead atoms. The molecule has 61 heavy (non-hydrogen) atoms. The molecule has 14 heteroatoms. The van der Waals surface area contributed by atoms with Gasteiger partial charge in [-0.3, -0.25) is 9.69 Å². The Balaban J connectivity index is 0.879. The predicted octanol–water partition coefficient (Wildman–Crippen LogP) is 8.04. The molecule has 4 fully saturated rings. The Labute approximate surface area is 359 Å². The number of sulfonamides is 1. The molecule has 0 radical (unpaired) electrons. The van der Waals surface area contributed by atoms with Gasteiger partial charge in [0.25, 0.3) is 15.9 Å². The lowest BCUT2D eigenvalue weighted by molar-refractivity contribution is -0.0228. The van der Waals surface area contributed by atoms with Crippen molar-refractivity contribution in [2.75, 3.05) is 50.5 Å². The van der Waals surface area contributed by atoms with Crippen LogP contribution in [0.5, 0.6) is 17.2 Å². The fourth-order valence-corrected chi connectivity index (χ4v) is 11.2. The minimum Gasteiger partial charge on any atom is -0.506 e. The molecule has 322 valence electrons. The van der Waals surface area contributed by atoms with Crippen LogP contribution in [0.4, 0.5) is 11.5 Å². The fraction of sp³-hybridized carbons (Fsp3) is 0.468. The van der Waals surface area contributed by atoms with Crippen molar-refractivity contribution in [2.24, 2.45) is 11.3 Å². The highest BCUT2D eigenvalue weighted by atomic mass is 32.2. The van der Waals surface area contributed by atoms with E-state index >= 15 is 0 Å². The maximum Gasteiger partial charge on any atom is 0.270 e. The van der Waals surface area contributed by atoms with Crippen molar-refractivity contribution >= 4 is 38.5 Å². The summed E-state index contributed by atoms with van der Waals surface area (Å²) in [6.07, 6.45) is 13.8. The van der Waals surface area contributed by atoms with Crippen molar-refractivity contribution in [3.05, 3.63) is 95.9 Å². The molecule has 9 rings (SSSR count). The molecule has 4 aliphatic rings. The van der Waals surface area contributed by atoms with E-state index in [4.69, 9.17) is 9.72 Å². The molecular formula is C47H58N8O5S. The maximum atomic E-state index is 13.9. The highest BCUT2D eigenvalue weighted by Crippen LogP contribution is 2.54. The smallest absolute Gasteiger partial charge is 0.270 e. The van der Waals surface area contributed by atoms with Crippen LogP contribution in [-0.4, -0.2) is 96.5 Å². The Kier molecular flexibility index (Phi) is 11.2. The van der Waals surface area contributed by atoms with Crippen LogP contribution in [0, 0.1) is 11.3 Å². The molecule has 13 nitrogen and oxygen atoms in total. The highest BCUT2D eigenvalue weighted by Gasteiger charge is 2.50. The van der Waals surface area contributed by atoms with E-state index < -0.39 is 15.9 Å². The predicted molar refractivity (Wildman–Crippen MR) is 238 cm³/mol. The van der Waals surface area contributed by atoms with Crippen molar-refractivity contribution < 1.29 is 23.1 Å². The molecule has 4 N–H and O–H groups in total. The number of hydrogen-bond acceptors (Lipinski definition) is 11. The molecule has 2 aliphatic heterocycles. The van der Waals surface area contributed by atoms with Gasteiger partial charge in [0, 0.05) is 67.7 Å². The summed E-state index contributed by atoms with van der Waals surface area (Å²) < 4.78 is 35.7. The summed E-state index contributed by atoms with van der Waals surface area (Å²) in [5.41, 5.74) is 4.37. The number of pyridine rings is 2. The number of ether oxygens (including phenoxy) is 1. The standard InChI is InChI=1S/C47H58N8O5S/c1-30(2)37-8-5-6-9-38(37)41-10-7-17-55(41)34-25-47(26-34)14-18-54(19-15-47)44-24-43(60-35-22-32-13-16-48-45(32)51-28-35)39(29-50-44)46(57)52-61(58,59)36-11-12-40(42(56)23-36)49-27-31-20-33(21-31)53(3)4/h5-6,8-9,11-13,16,22-24,28-31,33-34,41,49,56H,7,10,14-15,17-21,25-27H2,1-4H3,(H,48,51)(H,52,57)/t31-,33-,41-/m0/s1. The van der Waals surface area contributed by atoms with Gasteiger partial charge in [-0.1, -0.05) is 38.1 Å². The number of likely N-dealkylation sites (tertiary alicyclic amines) is 1. The van der Waals surface area contributed by atoms with E-state index in [-0.39, 0.29) is 22.0 Å². The average Bonchev–Trinajstić information content (AvgIpc) is 3.89. The Morgan fingerprint density at radius 1 is 1.02 bits per heavy atom. The molecule has 0 unspecified atom stereocenters. The number of carbonyl (C=O) groups is 1. The number of phenolic OH excluding ortho intramolecular Hbond substituents is 1. The molecule has 5 heterocycles. The number of carbonyl (C=O) groups excluding carboxylic acids is 1. The van der Waals surface area contributed by atoms with Gasteiger partial charge in [-0.2, -0.15) is 0 Å². The number of phenols is 1. The van der Waals surface area contributed by atoms with Crippen LogP contribution in [0.15, 0.2) is 84.1 Å². The second-order valence-corrected chi connectivity index (χ2v) is 20.1. The second kappa shape index (κ2) is 16.6. The topological polar surface area (TPSA) is 156 Å². The van der Waals surface area contributed by atoms with Gasteiger partial charge in [0.1, 0.15) is 34.3 Å². The number of H-pyrrole nitrogens is 1. The van der Waals surface area contributed by atoms with Crippen molar-refractivity contribution in [3.8, 4) is 17.2 Å². The zero-order chi connectivity index (χ0) is 42.5. The first-order valence-corrected chi connectivity index (χ1v) is 23.3. The van der Waals surface area contributed by atoms with Crippen LogP contribution in [0.3, 0.4) is 0 Å². The van der Waals surface area contributed by atoms with Crippen LogP contribution in [0.25, 0.3) is 11.0 Å². The van der Waals surface area contributed by atoms with Crippen LogP contribution >= 0.6 is 0 Å². The van der Waals surface area contributed by atoms with Gasteiger partial charge in [-0.05, 0) is 125 Å². The first-order chi connectivity index (χ1) is 29.3. The van der Waals surface area contributed by atoms with Gasteiger partial charge in [0.15, 0.2) is 0 Å². The number of aromatic amines is 1. The first kappa shape index (κ1) is 41.2. The number of amides is 1. The van der Waals surface area contributed by atoms with Crippen LogP contribution in [0.2, 0.25) is 0 Å². The Bertz CT molecular complexity index is 2500. The number of aromatic hydroxyl groups is 1. The third kappa shape index (κ3) is 8.41. The monoisotopic (exact) mass is 846 g/mol. The van der Waals surface area contributed by atoms with E-state index in [1.807, 2.05) is 12.1 Å². The number of nitrogens with zero attached hydrogens (tertiary/aromatic N) is 5. The fourth-order valence-electron chi connectivity index (χ4n) is 10.3. The zero-order valence-electron chi connectivity index (χ0n) is 35.6. The third-order valence-corrected chi connectivity index (χ3v) is 15.3. The van der Waals surface area contributed by atoms with Crippen molar-refractivity contribution in [3.63, 3.8) is 0 Å². The summed E-state index contributed by atoms with van der Waals surface area (Å²) in [7, 11) is -0.238. The van der Waals surface area contributed by atoms with Crippen molar-refractivity contribution in [2.45, 2.75) is 94.2 Å². The van der Waals surface area contributed by atoms with E-state index in [0.29, 0.717) is 64.8 Å². The Morgan fingerprint density at radius 2 is 1.80 bits per heavy atom. The summed E-state index contributed by atoms with van der Waals surface area (Å²) >= 11 is 0. The Morgan fingerprint density at radius 3 is 2.56 bits per heavy atom. The van der Waals surface area contributed by atoms with Crippen LogP contribution in [-0.2, 0) is 10.0 Å². The third-order valence-electron chi connectivity index (χ3n) is 14.0. The van der Waals surface area contributed by atoms with E-state index in [9.17, 15) is 18.3 Å². The summed E-state index contributed by atoms with van der Waals surface area (Å²) in [4.78, 5) is 33.1. The van der Waals surface area contributed by atoms with Crippen molar-refractivity contribution in [1.82, 2.24) is 29.5 Å². The number of nitrogens with one attached hydrogen (secondary N) is 3. The van der Waals surface area contributed by atoms with Gasteiger partial charge < -0.3 is 29.9 Å². The number of aromatic nitrogens is 3. The molecular weight excluding hydrogens is 789 g/mol. The molecule has 1 amide bonds.